The number of amides is 2. The van der Waals surface area contributed by atoms with Crippen molar-refractivity contribution in [3.05, 3.63) is 63.6 Å². The van der Waals surface area contributed by atoms with Gasteiger partial charge in [0.25, 0.3) is 0 Å². The van der Waals surface area contributed by atoms with Crippen LogP contribution in [-0.4, -0.2) is 67.1 Å². The first-order valence-corrected chi connectivity index (χ1v) is 11.7. The number of carbonyl (C=O) groups is 2. The van der Waals surface area contributed by atoms with Crippen molar-refractivity contribution in [3.8, 4) is 0 Å². The van der Waals surface area contributed by atoms with Gasteiger partial charge in [-0.05, 0) is 44.5 Å². The van der Waals surface area contributed by atoms with E-state index in [4.69, 9.17) is 4.74 Å². The lowest BCUT2D eigenvalue weighted by Crippen LogP contribution is -2.41. The number of rotatable bonds is 7. The molecule has 0 N–H and O–H groups in total. The third-order valence-corrected chi connectivity index (χ3v) is 6.34. The molecule has 0 bridgehead atoms. The molecule has 4 heterocycles. The van der Waals surface area contributed by atoms with Crippen LogP contribution in [0.5, 0.6) is 0 Å². The minimum atomic E-state index is -0.325. The zero-order valence-corrected chi connectivity index (χ0v) is 19.9. The maximum atomic E-state index is 13.1. The fourth-order valence-corrected chi connectivity index (χ4v) is 4.46. The van der Waals surface area contributed by atoms with E-state index < -0.39 is 0 Å². The highest BCUT2D eigenvalue weighted by molar-refractivity contribution is 7.09. The van der Waals surface area contributed by atoms with E-state index in [9.17, 15) is 9.59 Å². The first-order valence-electron chi connectivity index (χ1n) is 10.9. The van der Waals surface area contributed by atoms with Crippen LogP contribution < -0.4 is 0 Å². The van der Waals surface area contributed by atoms with E-state index in [2.05, 4.69) is 15.1 Å². The average Bonchev–Trinajstić information content (AvgIpc) is 3.29. The van der Waals surface area contributed by atoms with Gasteiger partial charge in [-0.15, -0.1) is 11.3 Å². The zero-order chi connectivity index (χ0) is 23.4. The first kappa shape index (κ1) is 23.1. The topological polar surface area (TPSA) is 93.5 Å². The molecular weight excluding hydrogens is 440 g/mol. The zero-order valence-electron chi connectivity index (χ0n) is 19.1. The van der Waals surface area contributed by atoms with Gasteiger partial charge in [-0.1, -0.05) is 0 Å². The standard InChI is InChI=1S/C23H28N6O3S/c1-16-8-17(2)29(26-16)13-23(31)28-11-21(32-14-19-4-6-24-7-5-19)10-27(22(30)12-28)9-20-15-33-18(3)25-20/h4-8,15,21H,9-14H2,1-3H3. The van der Waals surface area contributed by atoms with Gasteiger partial charge in [-0.3, -0.25) is 19.3 Å². The lowest BCUT2D eigenvalue weighted by Gasteiger charge is -2.24. The maximum absolute atomic E-state index is 13.1. The second-order valence-electron chi connectivity index (χ2n) is 8.28. The van der Waals surface area contributed by atoms with Crippen LogP contribution in [0.2, 0.25) is 0 Å². The fraction of sp³-hybridized carbons (Fsp3) is 0.435. The van der Waals surface area contributed by atoms with Crippen molar-refractivity contribution in [2.45, 2.75) is 46.6 Å². The van der Waals surface area contributed by atoms with E-state index in [1.807, 2.05) is 44.4 Å². The molecule has 174 valence electrons. The number of thiazole rings is 1. The van der Waals surface area contributed by atoms with Gasteiger partial charge in [0.1, 0.15) is 6.54 Å². The molecule has 9 nitrogen and oxygen atoms in total. The molecular formula is C23H28N6O3S. The Morgan fingerprint density at radius 2 is 2.00 bits per heavy atom. The molecule has 1 fully saturated rings. The van der Waals surface area contributed by atoms with Crippen LogP contribution in [0.25, 0.3) is 0 Å². The van der Waals surface area contributed by atoms with E-state index in [-0.39, 0.29) is 31.0 Å². The van der Waals surface area contributed by atoms with Crippen LogP contribution >= 0.6 is 11.3 Å². The van der Waals surface area contributed by atoms with Gasteiger partial charge in [-0.2, -0.15) is 5.10 Å². The fourth-order valence-electron chi connectivity index (χ4n) is 3.86. The van der Waals surface area contributed by atoms with Crippen molar-refractivity contribution in [3.63, 3.8) is 0 Å². The van der Waals surface area contributed by atoms with Gasteiger partial charge in [-0.25, -0.2) is 4.98 Å². The quantitative estimate of drug-likeness (QED) is 0.527. The monoisotopic (exact) mass is 468 g/mol. The molecule has 1 atom stereocenters. The molecule has 0 aromatic carbocycles. The van der Waals surface area contributed by atoms with E-state index in [0.29, 0.717) is 26.2 Å². The summed E-state index contributed by atoms with van der Waals surface area (Å²) in [5, 5.41) is 7.31. The molecule has 3 aromatic rings. The summed E-state index contributed by atoms with van der Waals surface area (Å²) in [6.07, 6.45) is 3.11. The van der Waals surface area contributed by atoms with Crippen LogP contribution in [0.4, 0.5) is 0 Å². The van der Waals surface area contributed by atoms with Gasteiger partial charge in [0.05, 0.1) is 42.2 Å². The van der Waals surface area contributed by atoms with E-state index in [0.717, 1.165) is 27.7 Å². The minimum Gasteiger partial charge on any atom is -0.370 e. The molecule has 0 radical (unpaired) electrons. The normalized spacial score (nSPS) is 16.8. The van der Waals surface area contributed by atoms with Crippen molar-refractivity contribution in [2.75, 3.05) is 19.6 Å². The van der Waals surface area contributed by atoms with Gasteiger partial charge >= 0.3 is 0 Å². The summed E-state index contributed by atoms with van der Waals surface area (Å²) in [6.45, 7) is 7.36. The van der Waals surface area contributed by atoms with Crippen LogP contribution in [0, 0.1) is 20.8 Å². The number of carbonyl (C=O) groups excluding carboxylic acids is 2. The summed E-state index contributed by atoms with van der Waals surface area (Å²) < 4.78 is 7.85. The largest absolute Gasteiger partial charge is 0.370 e. The molecule has 2 amide bonds. The number of pyridine rings is 1. The molecule has 1 aliphatic rings. The molecule has 1 saturated heterocycles. The van der Waals surface area contributed by atoms with Crippen molar-refractivity contribution in [1.29, 1.82) is 0 Å². The average molecular weight is 469 g/mol. The predicted octanol–water partition coefficient (Wildman–Crippen LogP) is 2.12. The Labute approximate surface area is 197 Å². The van der Waals surface area contributed by atoms with Gasteiger partial charge in [0.15, 0.2) is 0 Å². The van der Waals surface area contributed by atoms with Crippen LogP contribution in [-0.2, 0) is 34.0 Å². The molecule has 10 heteroatoms. The van der Waals surface area contributed by atoms with Crippen molar-refractivity contribution < 1.29 is 14.3 Å². The molecule has 33 heavy (non-hydrogen) atoms. The predicted molar refractivity (Wildman–Crippen MR) is 123 cm³/mol. The SMILES string of the molecule is Cc1cc(C)n(CC(=O)N2CC(=O)N(Cc3csc(C)n3)CC(OCc3ccncc3)C2)n1. The van der Waals surface area contributed by atoms with E-state index >= 15 is 0 Å². The number of ether oxygens (including phenoxy) is 1. The van der Waals surface area contributed by atoms with E-state index in [1.54, 1.807) is 38.2 Å². The number of hydrogen-bond acceptors (Lipinski definition) is 7. The number of aryl methyl sites for hydroxylation is 3. The maximum Gasteiger partial charge on any atom is 0.244 e. The summed E-state index contributed by atoms with van der Waals surface area (Å²) in [5.74, 6) is -0.268. The summed E-state index contributed by atoms with van der Waals surface area (Å²) in [6, 6.07) is 5.71. The minimum absolute atomic E-state index is 0.0103. The highest BCUT2D eigenvalue weighted by Crippen LogP contribution is 2.16. The number of hydrogen-bond donors (Lipinski definition) is 0. The summed E-state index contributed by atoms with van der Waals surface area (Å²) in [4.78, 5) is 38.1. The lowest BCUT2D eigenvalue weighted by molar-refractivity contribution is -0.139. The summed E-state index contributed by atoms with van der Waals surface area (Å²) in [7, 11) is 0. The van der Waals surface area contributed by atoms with Gasteiger partial charge < -0.3 is 14.5 Å². The van der Waals surface area contributed by atoms with Gasteiger partial charge in [0.2, 0.25) is 11.8 Å². The lowest BCUT2D eigenvalue weighted by atomic mass is 10.2. The smallest absolute Gasteiger partial charge is 0.244 e. The van der Waals surface area contributed by atoms with Crippen molar-refractivity contribution in [1.82, 2.24) is 29.5 Å². The summed E-state index contributed by atoms with van der Waals surface area (Å²) in [5.41, 5.74) is 3.60. The molecule has 1 unspecified atom stereocenters. The Morgan fingerprint density at radius 1 is 1.21 bits per heavy atom. The third-order valence-electron chi connectivity index (χ3n) is 5.52. The molecule has 0 aliphatic carbocycles. The molecule has 3 aromatic heterocycles. The highest BCUT2D eigenvalue weighted by atomic mass is 32.1. The Balaban J connectivity index is 1.50. The van der Waals surface area contributed by atoms with Crippen LogP contribution in [0.15, 0.2) is 36.0 Å². The Hall–Kier alpha value is -3.11. The summed E-state index contributed by atoms with van der Waals surface area (Å²) >= 11 is 1.56. The molecule has 0 spiro atoms. The Morgan fingerprint density at radius 3 is 2.67 bits per heavy atom. The number of nitrogens with zero attached hydrogens (tertiary/aromatic N) is 6. The number of aromatic nitrogens is 4. The Bertz CT molecular complexity index is 1110. The van der Waals surface area contributed by atoms with E-state index in [1.165, 1.54) is 0 Å². The first-order chi connectivity index (χ1) is 15.9. The van der Waals surface area contributed by atoms with Crippen molar-refractivity contribution >= 4 is 23.2 Å². The molecule has 0 saturated carbocycles. The highest BCUT2D eigenvalue weighted by Gasteiger charge is 2.31. The second-order valence-corrected chi connectivity index (χ2v) is 9.34. The second kappa shape index (κ2) is 10.2. The van der Waals surface area contributed by atoms with Crippen molar-refractivity contribution in [2.24, 2.45) is 0 Å². The third kappa shape index (κ3) is 6.02. The van der Waals surface area contributed by atoms with Crippen LogP contribution in [0.1, 0.15) is 27.7 Å². The van der Waals surface area contributed by atoms with Gasteiger partial charge in [0, 0.05) is 36.6 Å². The van der Waals surface area contributed by atoms with Crippen LogP contribution in [0.3, 0.4) is 0 Å². The molecule has 1 aliphatic heterocycles. The Kier molecular flexibility index (Phi) is 7.14. The molecule has 4 rings (SSSR count).